The molecule has 0 saturated heterocycles. The van der Waals surface area contributed by atoms with Gasteiger partial charge in [-0.15, -0.1) is 6.58 Å². The number of carbonyl (C=O) groups excluding carboxylic acids is 1. The number of benzene rings is 4. The molecule has 0 aliphatic heterocycles. The Morgan fingerprint density at radius 2 is 1.46 bits per heavy atom. The van der Waals surface area contributed by atoms with Crippen molar-refractivity contribution in [2.75, 3.05) is 13.2 Å². The van der Waals surface area contributed by atoms with Crippen molar-refractivity contribution in [3.8, 4) is 50.8 Å². The molecule has 0 saturated carbocycles. The van der Waals surface area contributed by atoms with Gasteiger partial charge in [-0.25, -0.2) is 9.78 Å². The summed E-state index contributed by atoms with van der Waals surface area (Å²) in [6, 6.07) is 36.6. The minimum atomic E-state index is -0.392. The van der Waals surface area contributed by atoms with Gasteiger partial charge in [0, 0.05) is 23.2 Å². The van der Waals surface area contributed by atoms with Crippen molar-refractivity contribution in [1.82, 2.24) is 9.55 Å². The molecule has 0 fully saturated rings. The van der Waals surface area contributed by atoms with Crippen molar-refractivity contribution in [3.63, 3.8) is 0 Å². The third-order valence-electron chi connectivity index (χ3n) is 6.35. The van der Waals surface area contributed by atoms with E-state index in [2.05, 4.69) is 47.5 Å². The maximum Gasteiger partial charge on any atom is 0.344 e. The van der Waals surface area contributed by atoms with E-state index >= 15 is 0 Å². The summed E-state index contributed by atoms with van der Waals surface area (Å²) in [6.45, 7) is 6.60. The average molecular weight is 515 g/mol. The Kier molecular flexibility index (Phi) is 7.98. The van der Waals surface area contributed by atoms with Crippen LogP contribution in [0.15, 0.2) is 122 Å². The second-order valence-electron chi connectivity index (χ2n) is 8.93. The van der Waals surface area contributed by atoms with Crippen LogP contribution in [0, 0.1) is 0 Å². The Labute approximate surface area is 229 Å². The average Bonchev–Trinajstić information content (AvgIpc) is 3.36. The third-order valence-corrected chi connectivity index (χ3v) is 6.35. The zero-order valence-corrected chi connectivity index (χ0v) is 21.9. The van der Waals surface area contributed by atoms with Crippen LogP contribution in [0.1, 0.15) is 6.92 Å². The zero-order valence-electron chi connectivity index (χ0n) is 21.9. The highest BCUT2D eigenvalue weighted by Crippen LogP contribution is 2.39. The third kappa shape index (κ3) is 5.68. The van der Waals surface area contributed by atoms with Crippen LogP contribution in [-0.2, 0) is 16.1 Å². The SMILES string of the molecule is C=CCn1c(-c2ccccc2-c2cccc(OCC(=O)OCC)c2)nc(-c2ccccc2)c1-c1ccccc1. The maximum absolute atomic E-state index is 11.8. The van der Waals surface area contributed by atoms with Crippen molar-refractivity contribution in [3.05, 3.63) is 122 Å². The molecule has 4 aromatic carbocycles. The highest BCUT2D eigenvalue weighted by atomic mass is 16.6. The fraction of sp³-hybridized carbons (Fsp3) is 0.118. The van der Waals surface area contributed by atoms with Gasteiger partial charge in [-0.2, -0.15) is 0 Å². The summed E-state index contributed by atoms with van der Waals surface area (Å²) in [4.78, 5) is 17.1. The molecule has 0 aliphatic rings. The first kappa shape index (κ1) is 25.7. The first-order valence-corrected chi connectivity index (χ1v) is 13.0. The van der Waals surface area contributed by atoms with Crippen LogP contribution in [0.2, 0.25) is 0 Å². The van der Waals surface area contributed by atoms with Gasteiger partial charge in [0.1, 0.15) is 11.6 Å². The highest BCUT2D eigenvalue weighted by Gasteiger charge is 2.22. The molecule has 0 amide bonds. The van der Waals surface area contributed by atoms with E-state index in [0.717, 1.165) is 45.0 Å². The van der Waals surface area contributed by atoms with E-state index in [0.29, 0.717) is 18.9 Å². The number of nitrogens with zero attached hydrogens (tertiary/aromatic N) is 2. The Hall–Kier alpha value is -4.90. The first-order valence-electron chi connectivity index (χ1n) is 13.0. The molecule has 194 valence electrons. The Bertz CT molecular complexity index is 1570. The van der Waals surface area contributed by atoms with Crippen LogP contribution in [0.5, 0.6) is 5.75 Å². The second-order valence-corrected chi connectivity index (χ2v) is 8.93. The van der Waals surface area contributed by atoms with Gasteiger partial charge in [-0.1, -0.05) is 103 Å². The summed E-state index contributed by atoms with van der Waals surface area (Å²) in [5.74, 6) is 1.05. The number of allylic oxidation sites excluding steroid dienone is 1. The van der Waals surface area contributed by atoms with Crippen LogP contribution in [0.4, 0.5) is 0 Å². The van der Waals surface area contributed by atoms with Gasteiger partial charge >= 0.3 is 5.97 Å². The maximum atomic E-state index is 11.8. The van der Waals surface area contributed by atoms with Crippen LogP contribution >= 0.6 is 0 Å². The van der Waals surface area contributed by atoms with Gasteiger partial charge < -0.3 is 14.0 Å². The second kappa shape index (κ2) is 12.1. The van der Waals surface area contributed by atoms with Gasteiger partial charge in [0.05, 0.1) is 18.0 Å². The topological polar surface area (TPSA) is 53.4 Å². The summed E-state index contributed by atoms with van der Waals surface area (Å²) in [5.41, 5.74) is 7.05. The molecule has 5 nitrogen and oxygen atoms in total. The molecular weight excluding hydrogens is 484 g/mol. The predicted molar refractivity (Wildman–Crippen MR) is 156 cm³/mol. The molecule has 0 N–H and O–H groups in total. The van der Waals surface area contributed by atoms with E-state index in [-0.39, 0.29) is 6.61 Å². The van der Waals surface area contributed by atoms with E-state index in [1.807, 2.05) is 78.9 Å². The quantitative estimate of drug-likeness (QED) is 0.142. The fourth-order valence-electron chi connectivity index (χ4n) is 4.68. The van der Waals surface area contributed by atoms with E-state index in [1.165, 1.54) is 0 Å². The van der Waals surface area contributed by atoms with Crippen LogP contribution in [0.3, 0.4) is 0 Å². The smallest absolute Gasteiger partial charge is 0.344 e. The molecule has 0 radical (unpaired) electrons. The monoisotopic (exact) mass is 514 g/mol. The van der Waals surface area contributed by atoms with E-state index in [9.17, 15) is 4.79 Å². The Morgan fingerprint density at radius 1 is 0.821 bits per heavy atom. The summed E-state index contributed by atoms with van der Waals surface area (Å²) in [6.07, 6.45) is 1.90. The number of carbonyl (C=O) groups is 1. The lowest BCUT2D eigenvalue weighted by Crippen LogP contribution is -2.14. The largest absolute Gasteiger partial charge is 0.482 e. The van der Waals surface area contributed by atoms with Crippen molar-refractivity contribution >= 4 is 5.97 Å². The Balaban J connectivity index is 1.65. The van der Waals surface area contributed by atoms with Gasteiger partial charge in [0.15, 0.2) is 6.61 Å². The van der Waals surface area contributed by atoms with Gasteiger partial charge in [0.2, 0.25) is 0 Å². The molecule has 1 aromatic heterocycles. The molecule has 5 rings (SSSR count). The molecular formula is C34H30N2O3. The van der Waals surface area contributed by atoms with E-state index < -0.39 is 5.97 Å². The van der Waals surface area contributed by atoms with Crippen molar-refractivity contribution in [1.29, 1.82) is 0 Å². The van der Waals surface area contributed by atoms with Crippen molar-refractivity contribution in [2.24, 2.45) is 0 Å². The van der Waals surface area contributed by atoms with E-state index in [1.54, 1.807) is 6.92 Å². The summed E-state index contributed by atoms with van der Waals surface area (Å²) >= 11 is 0. The lowest BCUT2D eigenvalue weighted by atomic mass is 9.99. The molecule has 0 atom stereocenters. The number of esters is 1. The van der Waals surface area contributed by atoms with E-state index in [4.69, 9.17) is 14.5 Å². The van der Waals surface area contributed by atoms with Crippen molar-refractivity contribution in [2.45, 2.75) is 13.5 Å². The number of hydrogen-bond acceptors (Lipinski definition) is 4. The van der Waals surface area contributed by atoms with Gasteiger partial charge in [0.25, 0.3) is 0 Å². The van der Waals surface area contributed by atoms with Gasteiger partial charge in [-0.3, -0.25) is 0 Å². The summed E-state index contributed by atoms with van der Waals surface area (Å²) < 4.78 is 12.9. The van der Waals surface area contributed by atoms with Crippen molar-refractivity contribution < 1.29 is 14.3 Å². The number of hydrogen-bond donors (Lipinski definition) is 0. The molecule has 39 heavy (non-hydrogen) atoms. The fourth-order valence-corrected chi connectivity index (χ4v) is 4.68. The number of rotatable bonds is 10. The van der Waals surface area contributed by atoms with Crippen LogP contribution in [0.25, 0.3) is 45.0 Å². The number of imidazole rings is 1. The molecule has 0 spiro atoms. The molecule has 0 unspecified atom stereocenters. The standard InChI is InChI=1S/C34H30N2O3/c1-3-22-36-33(26-16-9-6-10-17-26)32(25-14-7-5-8-15-25)35-34(36)30-21-12-11-20-29(30)27-18-13-19-28(23-27)39-24-31(37)38-4-2/h3,5-21,23H,1,4,22,24H2,2H3. The lowest BCUT2D eigenvalue weighted by molar-refractivity contribution is -0.145. The molecule has 5 heteroatoms. The zero-order chi connectivity index (χ0) is 27.0. The Morgan fingerprint density at radius 3 is 2.15 bits per heavy atom. The van der Waals surface area contributed by atoms with Gasteiger partial charge in [-0.05, 0) is 30.2 Å². The molecule has 0 bridgehead atoms. The minimum absolute atomic E-state index is 0.135. The summed E-state index contributed by atoms with van der Waals surface area (Å²) in [5, 5.41) is 0. The minimum Gasteiger partial charge on any atom is -0.482 e. The normalized spacial score (nSPS) is 10.7. The van der Waals surface area contributed by atoms with Crippen LogP contribution in [-0.4, -0.2) is 28.7 Å². The number of aromatic nitrogens is 2. The molecule has 0 aliphatic carbocycles. The first-order chi connectivity index (χ1) is 19.2. The molecule has 5 aromatic rings. The lowest BCUT2D eigenvalue weighted by Gasteiger charge is -2.14. The summed E-state index contributed by atoms with van der Waals surface area (Å²) in [7, 11) is 0. The highest BCUT2D eigenvalue weighted by molar-refractivity contribution is 5.87. The predicted octanol–water partition coefficient (Wildman–Crippen LogP) is 7.68. The van der Waals surface area contributed by atoms with Crippen LogP contribution < -0.4 is 4.74 Å². The number of ether oxygens (including phenoxy) is 2. The molecule has 1 heterocycles.